The van der Waals surface area contributed by atoms with E-state index in [4.69, 9.17) is 23.2 Å². The van der Waals surface area contributed by atoms with Gasteiger partial charge in [0.1, 0.15) is 0 Å². The van der Waals surface area contributed by atoms with Crippen LogP contribution >= 0.6 is 23.2 Å². The van der Waals surface area contributed by atoms with Gasteiger partial charge in [-0.1, -0.05) is 23.2 Å². The van der Waals surface area contributed by atoms with Crippen molar-refractivity contribution in [3.63, 3.8) is 0 Å². The Morgan fingerprint density at radius 3 is 1.94 bits per heavy atom. The van der Waals surface area contributed by atoms with Gasteiger partial charge in [-0.25, -0.2) is 4.68 Å². The van der Waals surface area contributed by atoms with E-state index >= 15 is 0 Å². The molecule has 1 heterocycles. The number of alkyl halides is 9. The van der Waals surface area contributed by atoms with Crippen molar-refractivity contribution < 1.29 is 44.3 Å². The average molecular weight is 550 g/mol. The summed E-state index contributed by atoms with van der Waals surface area (Å²) in [6.45, 7) is -0.938. The van der Waals surface area contributed by atoms with Gasteiger partial charge in [0.15, 0.2) is 5.69 Å². The van der Waals surface area contributed by atoms with Gasteiger partial charge < -0.3 is 5.32 Å². The summed E-state index contributed by atoms with van der Waals surface area (Å²) in [6.07, 6.45) is -14.9. The van der Waals surface area contributed by atoms with E-state index in [0.717, 1.165) is 6.07 Å². The second-order valence-corrected chi connectivity index (χ2v) is 7.85. The van der Waals surface area contributed by atoms with Crippen LogP contribution in [0.4, 0.5) is 39.5 Å². The Bertz CT molecular complexity index is 1230. The van der Waals surface area contributed by atoms with E-state index in [1.807, 2.05) is 5.32 Å². The normalized spacial score (nSPS) is 12.7. The first kappa shape index (κ1) is 26.7. The summed E-state index contributed by atoms with van der Waals surface area (Å²) in [5.41, 5.74) is -6.87. The van der Waals surface area contributed by atoms with Crippen molar-refractivity contribution in [1.29, 1.82) is 0 Å². The maximum Gasteiger partial charge on any atom is 0.434 e. The number of amides is 1. The Morgan fingerprint density at radius 1 is 0.857 bits per heavy atom. The van der Waals surface area contributed by atoms with Crippen LogP contribution in [-0.4, -0.2) is 15.7 Å². The minimum absolute atomic E-state index is 0.00374. The Kier molecular flexibility index (Phi) is 7.06. The molecule has 0 aliphatic heterocycles. The SMILES string of the molecule is O=C(NCc1cc(C(F)(F)F)cc(C(F)(F)F)c1)c1cnn(-c2cc(Cl)ccc2Cl)c1C(F)(F)F. The van der Waals surface area contributed by atoms with Crippen molar-refractivity contribution in [3.8, 4) is 5.69 Å². The molecule has 0 saturated carbocycles. The summed E-state index contributed by atoms with van der Waals surface area (Å²) >= 11 is 11.7. The maximum atomic E-state index is 13.8. The second kappa shape index (κ2) is 9.26. The van der Waals surface area contributed by atoms with Crippen LogP contribution in [0.2, 0.25) is 10.0 Å². The molecule has 0 fully saturated rings. The fraction of sp³-hybridized carbons (Fsp3) is 0.200. The Balaban J connectivity index is 1.97. The van der Waals surface area contributed by atoms with E-state index in [0.29, 0.717) is 23.0 Å². The van der Waals surface area contributed by atoms with Crippen LogP contribution in [0.15, 0.2) is 42.6 Å². The maximum absolute atomic E-state index is 13.8. The predicted molar refractivity (Wildman–Crippen MR) is 106 cm³/mol. The third kappa shape index (κ3) is 6.01. The van der Waals surface area contributed by atoms with Crippen LogP contribution in [-0.2, 0) is 25.1 Å². The molecule has 1 amide bonds. The number of carbonyl (C=O) groups excluding carboxylic acids is 1. The molecule has 3 rings (SSSR count). The molecule has 0 unspecified atom stereocenters. The molecule has 0 aliphatic carbocycles. The molecule has 15 heteroatoms. The lowest BCUT2D eigenvalue weighted by molar-refractivity contribution is -0.144. The number of nitrogens with one attached hydrogen (secondary N) is 1. The largest absolute Gasteiger partial charge is 0.434 e. The minimum Gasteiger partial charge on any atom is -0.348 e. The number of nitrogens with zero attached hydrogens (tertiary/aromatic N) is 2. The molecule has 4 nitrogen and oxygen atoms in total. The smallest absolute Gasteiger partial charge is 0.348 e. The molecule has 0 aliphatic rings. The van der Waals surface area contributed by atoms with E-state index in [1.165, 1.54) is 12.1 Å². The second-order valence-electron chi connectivity index (χ2n) is 7.01. The highest BCUT2D eigenvalue weighted by Crippen LogP contribution is 2.37. The molecular weight excluding hydrogens is 540 g/mol. The van der Waals surface area contributed by atoms with Crippen LogP contribution < -0.4 is 5.32 Å². The van der Waals surface area contributed by atoms with Crippen molar-refractivity contribution >= 4 is 29.1 Å². The van der Waals surface area contributed by atoms with Gasteiger partial charge in [0, 0.05) is 11.6 Å². The molecule has 0 spiro atoms. The molecule has 2 aromatic carbocycles. The highest BCUT2D eigenvalue weighted by molar-refractivity contribution is 6.34. The van der Waals surface area contributed by atoms with Gasteiger partial charge in [-0.2, -0.15) is 44.6 Å². The van der Waals surface area contributed by atoms with Crippen molar-refractivity contribution in [2.45, 2.75) is 25.1 Å². The van der Waals surface area contributed by atoms with Gasteiger partial charge in [-0.05, 0) is 42.0 Å². The Labute approximate surface area is 200 Å². The van der Waals surface area contributed by atoms with Gasteiger partial charge in [0.25, 0.3) is 5.91 Å². The zero-order valence-corrected chi connectivity index (χ0v) is 18.2. The molecule has 35 heavy (non-hydrogen) atoms. The first-order valence-corrected chi connectivity index (χ1v) is 9.91. The summed E-state index contributed by atoms with van der Waals surface area (Å²) in [7, 11) is 0. The summed E-state index contributed by atoms with van der Waals surface area (Å²) < 4.78 is 120. The van der Waals surface area contributed by atoms with Gasteiger partial charge in [-0.3, -0.25) is 4.79 Å². The molecule has 3 aromatic rings. The molecule has 0 atom stereocenters. The first-order chi connectivity index (χ1) is 16.0. The number of hydrogen-bond donors (Lipinski definition) is 1. The molecule has 0 radical (unpaired) electrons. The highest BCUT2D eigenvalue weighted by atomic mass is 35.5. The monoisotopic (exact) mass is 549 g/mol. The number of halogens is 11. The molecular formula is C20H10Cl2F9N3O. The lowest BCUT2D eigenvalue weighted by Gasteiger charge is -2.15. The van der Waals surface area contributed by atoms with Crippen molar-refractivity contribution in [2.75, 3.05) is 0 Å². The third-order valence-electron chi connectivity index (χ3n) is 4.52. The average Bonchev–Trinajstić information content (AvgIpc) is 3.18. The Morgan fingerprint density at radius 2 is 1.43 bits per heavy atom. The lowest BCUT2D eigenvalue weighted by Crippen LogP contribution is -2.26. The van der Waals surface area contributed by atoms with E-state index in [9.17, 15) is 44.3 Å². The van der Waals surface area contributed by atoms with Crippen LogP contribution in [0.25, 0.3) is 5.69 Å². The van der Waals surface area contributed by atoms with Gasteiger partial charge in [-0.15, -0.1) is 0 Å². The number of aromatic nitrogens is 2. The van der Waals surface area contributed by atoms with E-state index in [1.54, 1.807) is 0 Å². The topological polar surface area (TPSA) is 46.9 Å². The van der Waals surface area contributed by atoms with E-state index < -0.39 is 58.9 Å². The summed E-state index contributed by atoms with van der Waals surface area (Å²) in [5.74, 6) is -1.45. The lowest BCUT2D eigenvalue weighted by atomic mass is 10.0. The first-order valence-electron chi connectivity index (χ1n) is 9.15. The highest BCUT2D eigenvalue weighted by Gasteiger charge is 2.41. The van der Waals surface area contributed by atoms with Gasteiger partial charge in [0.05, 0.1) is 33.6 Å². The van der Waals surface area contributed by atoms with Gasteiger partial charge in [0.2, 0.25) is 0 Å². The number of hydrogen-bond acceptors (Lipinski definition) is 2. The number of benzene rings is 2. The fourth-order valence-electron chi connectivity index (χ4n) is 3.02. The molecule has 0 saturated heterocycles. The third-order valence-corrected chi connectivity index (χ3v) is 5.07. The number of rotatable bonds is 4. The van der Waals surface area contributed by atoms with Crippen molar-refractivity contribution in [3.05, 3.63) is 80.6 Å². The molecule has 188 valence electrons. The number of carbonyl (C=O) groups is 1. The van der Waals surface area contributed by atoms with Crippen LogP contribution in [0.1, 0.15) is 32.7 Å². The molecule has 0 bridgehead atoms. The molecule has 1 aromatic heterocycles. The predicted octanol–water partition coefficient (Wildman–Crippen LogP) is 7.17. The quantitative estimate of drug-likeness (QED) is 0.351. The van der Waals surface area contributed by atoms with Crippen molar-refractivity contribution in [1.82, 2.24) is 15.1 Å². The van der Waals surface area contributed by atoms with Crippen LogP contribution in [0.5, 0.6) is 0 Å². The summed E-state index contributed by atoms with van der Waals surface area (Å²) in [4.78, 5) is 12.5. The van der Waals surface area contributed by atoms with E-state index in [2.05, 4.69) is 5.10 Å². The zero-order chi connectivity index (χ0) is 26.3. The molecule has 1 N–H and O–H groups in total. The van der Waals surface area contributed by atoms with Crippen LogP contribution in [0.3, 0.4) is 0 Å². The Hall–Kier alpha value is -2.93. The standard InChI is InChI=1S/C20H10Cl2F9N3O/c21-12-1-2-14(22)15(6-12)34-16(20(29,30)31)13(8-33-34)17(35)32-7-9-3-10(18(23,24)25)5-11(4-9)19(26,27)28/h1-6,8H,7H2,(H,32,35). The summed E-state index contributed by atoms with van der Waals surface area (Å²) in [5, 5.41) is 5.22. The minimum atomic E-state index is -5.16. The summed E-state index contributed by atoms with van der Waals surface area (Å²) in [6, 6.07) is 4.10. The fourth-order valence-corrected chi connectivity index (χ4v) is 3.38. The van der Waals surface area contributed by atoms with E-state index in [-0.39, 0.29) is 21.8 Å². The zero-order valence-electron chi connectivity index (χ0n) is 16.7. The van der Waals surface area contributed by atoms with Crippen LogP contribution in [0, 0.1) is 0 Å². The van der Waals surface area contributed by atoms with Gasteiger partial charge >= 0.3 is 18.5 Å². The van der Waals surface area contributed by atoms with Crippen molar-refractivity contribution in [2.24, 2.45) is 0 Å².